The molecule has 0 saturated heterocycles. The maximum atomic E-state index is 3.28. The second-order valence-electron chi connectivity index (χ2n) is 1.05. The molecule has 2 heteroatoms. The first-order chi connectivity index (χ1) is 2.89. The van der Waals surface area contributed by atoms with Crippen LogP contribution in [0.2, 0.25) is 0 Å². The summed E-state index contributed by atoms with van der Waals surface area (Å²) in [5, 5.41) is 2.79. The van der Waals surface area contributed by atoms with E-state index in [1.807, 2.05) is 12.3 Å². The standard InChI is InChI=1S/C4H4BrN/c5-4-1-2-6-3-4/h1-2,4,6H. The highest BCUT2D eigenvalue weighted by molar-refractivity contribution is 9.09. The van der Waals surface area contributed by atoms with Gasteiger partial charge in [-0.05, 0) is 6.20 Å². The van der Waals surface area contributed by atoms with Crippen LogP contribution in [-0.4, -0.2) is 4.83 Å². The Hall–Kier alpha value is 0.0200. The molecule has 1 atom stereocenters. The summed E-state index contributed by atoms with van der Waals surface area (Å²) in [5.74, 6) is 0. The van der Waals surface area contributed by atoms with Crippen molar-refractivity contribution in [1.29, 1.82) is 0 Å². The van der Waals surface area contributed by atoms with E-state index in [2.05, 4.69) is 27.8 Å². The second-order valence-corrected chi connectivity index (χ2v) is 2.04. The first-order valence-corrected chi connectivity index (χ1v) is 2.63. The number of rotatable bonds is 0. The van der Waals surface area contributed by atoms with Crippen LogP contribution in [0.15, 0.2) is 12.3 Å². The molecule has 1 aliphatic rings. The number of nitrogens with one attached hydrogen (secondary N) is 1. The molecule has 1 heterocycles. The second kappa shape index (κ2) is 1.65. The van der Waals surface area contributed by atoms with E-state index in [-0.39, 0.29) is 0 Å². The SMILES string of the molecule is BrC1[C]NC=C1. The molecule has 0 saturated carbocycles. The van der Waals surface area contributed by atoms with Crippen molar-refractivity contribution < 1.29 is 0 Å². The molecule has 0 aromatic carbocycles. The molecular weight excluding hydrogens is 142 g/mol. The number of hydrogen-bond acceptors (Lipinski definition) is 1. The molecule has 1 aliphatic heterocycles. The van der Waals surface area contributed by atoms with Crippen molar-refractivity contribution in [2.24, 2.45) is 0 Å². The summed E-state index contributed by atoms with van der Waals surface area (Å²) in [6.07, 6.45) is 3.82. The quantitative estimate of drug-likeness (QED) is 0.500. The van der Waals surface area contributed by atoms with Gasteiger partial charge in [0.25, 0.3) is 0 Å². The minimum Gasteiger partial charge on any atom is -0.380 e. The lowest BCUT2D eigenvalue weighted by Gasteiger charge is -1.86. The summed E-state index contributed by atoms with van der Waals surface area (Å²) in [4.78, 5) is 0.317. The number of alkyl halides is 1. The van der Waals surface area contributed by atoms with E-state index in [4.69, 9.17) is 0 Å². The van der Waals surface area contributed by atoms with Crippen molar-refractivity contribution >= 4 is 15.9 Å². The smallest absolute Gasteiger partial charge is 0.107 e. The van der Waals surface area contributed by atoms with Crippen LogP contribution in [-0.2, 0) is 0 Å². The molecule has 0 aliphatic carbocycles. The average molecular weight is 146 g/mol. The fraction of sp³-hybridized carbons (Fsp3) is 0.250. The molecule has 32 valence electrons. The molecule has 0 fully saturated rings. The average Bonchev–Trinajstić information content (AvgIpc) is 1.86. The van der Waals surface area contributed by atoms with Gasteiger partial charge in [-0.1, -0.05) is 22.0 Å². The zero-order chi connectivity index (χ0) is 4.41. The van der Waals surface area contributed by atoms with Crippen molar-refractivity contribution in [3.8, 4) is 0 Å². The van der Waals surface area contributed by atoms with Crippen molar-refractivity contribution in [2.45, 2.75) is 4.83 Å². The van der Waals surface area contributed by atoms with Gasteiger partial charge in [0.05, 0.1) is 4.83 Å². The van der Waals surface area contributed by atoms with E-state index in [1.165, 1.54) is 0 Å². The maximum Gasteiger partial charge on any atom is 0.107 e. The molecule has 6 heavy (non-hydrogen) atoms. The Labute approximate surface area is 45.6 Å². The molecule has 1 rings (SSSR count). The van der Waals surface area contributed by atoms with E-state index >= 15 is 0 Å². The lowest BCUT2D eigenvalue weighted by Crippen LogP contribution is -1.97. The van der Waals surface area contributed by atoms with Crippen LogP contribution >= 0.6 is 15.9 Å². The first kappa shape index (κ1) is 4.19. The monoisotopic (exact) mass is 145 g/mol. The predicted molar refractivity (Wildman–Crippen MR) is 28.2 cm³/mol. The van der Waals surface area contributed by atoms with Crippen LogP contribution in [0.5, 0.6) is 0 Å². The van der Waals surface area contributed by atoms with Gasteiger partial charge in [-0.15, -0.1) is 0 Å². The van der Waals surface area contributed by atoms with Gasteiger partial charge in [0.1, 0.15) is 6.54 Å². The molecule has 0 aromatic rings. The summed E-state index contributed by atoms with van der Waals surface area (Å²) in [6, 6.07) is 0. The van der Waals surface area contributed by atoms with Gasteiger partial charge >= 0.3 is 0 Å². The Morgan fingerprint density at radius 2 is 2.67 bits per heavy atom. The summed E-state index contributed by atoms with van der Waals surface area (Å²) >= 11 is 3.28. The highest BCUT2D eigenvalue weighted by Gasteiger charge is 2.01. The highest BCUT2D eigenvalue weighted by Crippen LogP contribution is 2.06. The van der Waals surface area contributed by atoms with Crippen molar-refractivity contribution in [2.75, 3.05) is 0 Å². The van der Waals surface area contributed by atoms with Gasteiger partial charge in [0.2, 0.25) is 0 Å². The molecule has 0 amide bonds. The number of halogens is 1. The van der Waals surface area contributed by atoms with E-state index in [9.17, 15) is 0 Å². The fourth-order valence-corrected chi connectivity index (χ4v) is 0.593. The van der Waals surface area contributed by atoms with Crippen LogP contribution in [0.3, 0.4) is 0 Å². The molecule has 1 nitrogen and oxygen atoms in total. The molecule has 1 N–H and O–H groups in total. The normalized spacial score (nSPS) is 30.5. The number of hydrogen-bond donors (Lipinski definition) is 1. The molecule has 2 radical (unpaired) electrons. The molecule has 0 bridgehead atoms. The minimum absolute atomic E-state index is 0.317. The molecule has 0 aromatic heterocycles. The van der Waals surface area contributed by atoms with Gasteiger partial charge in [0, 0.05) is 0 Å². The molecular formula is C4H4BrN. The Morgan fingerprint density at radius 1 is 1.83 bits per heavy atom. The van der Waals surface area contributed by atoms with Gasteiger partial charge < -0.3 is 5.32 Å². The van der Waals surface area contributed by atoms with Crippen molar-refractivity contribution in [1.82, 2.24) is 5.32 Å². The maximum absolute atomic E-state index is 3.28. The first-order valence-electron chi connectivity index (χ1n) is 1.71. The minimum atomic E-state index is 0.317. The van der Waals surface area contributed by atoms with Gasteiger partial charge in [0.15, 0.2) is 0 Å². The molecule has 0 spiro atoms. The fourth-order valence-electron chi connectivity index (χ4n) is 0.308. The lowest BCUT2D eigenvalue weighted by molar-refractivity contribution is 1.08. The van der Waals surface area contributed by atoms with Gasteiger partial charge in [-0.2, -0.15) is 0 Å². The largest absolute Gasteiger partial charge is 0.380 e. The van der Waals surface area contributed by atoms with Gasteiger partial charge in [-0.3, -0.25) is 0 Å². The topological polar surface area (TPSA) is 12.0 Å². The van der Waals surface area contributed by atoms with Gasteiger partial charge in [-0.25, -0.2) is 0 Å². The Balaban J connectivity index is 2.38. The zero-order valence-corrected chi connectivity index (χ0v) is 4.70. The van der Waals surface area contributed by atoms with E-state index < -0.39 is 0 Å². The Morgan fingerprint density at radius 3 is 2.83 bits per heavy atom. The summed E-state index contributed by atoms with van der Waals surface area (Å²) < 4.78 is 0. The van der Waals surface area contributed by atoms with E-state index in [0.717, 1.165) is 0 Å². The Kier molecular flexibility index (Phi) is 1.15. The third-order valence-corrected chi connectivity index (χ3v) is 1.10. The third kappa shape index (κ3) is 0.744. The van der Waals surface area contributed by atoms with Crippen molar-refractivity contribution in [3.63, 3.8) is 0 Å². The summed E-state index contributed by atoms with van der Waals surface area (Å²) in [6.45, 7) is 2.88. The van der Waals surface area contributed by atoms with Crippen LogP contribution in [0.4, 0.5) is 0 Å². The zero-order valence-electron chi connectivity index (χ0n) is 3.11. The van der Waals surface area contributed by atoms with Crippen LogP contribution in [0, 0.1) is 6.54 Å². The Bertz CT molecular complexity index is 69.9. The highest BCUT2D eigenvalue weighted by atomic mass is 79.9. The van der Waals surface area contributed by atoms with E-state index in [1.54, 1.807) is 0 Å². The summed E-state index contributed by atoms with van der Waals surface area (Å²) in [7, 11) is 0. The van der Waals surface area contributed by atoms with Crippen LogP contribution < -0.4 is 5.32 Å². The van der Waals surface area contributed by atoms with Crippen LogP contribution in [0.1, 0.15) is 0 Å². The predicted octanol–water partition coefficient (Wildman–Crippen LogP) is 0.906. The van der Waals surface area contributed by atoms with E-state index in [0.29, 0.717) is 4.83 Å². The van der Waals surface area contributed by atoms with Crippen molar-refractivity contribution in [3.05, 3.63) is 18.8 Å². The third-order valence-electron chi connectivity index (χ3n) is 0.570. The van der Waals surface area contributed by atoms with Crippen LogP contribution in [0.25, 0.3) is 0 Å². The lowest BCUT2D eigenvalue weighted by atomic mass is 10.5. The molecule has 1 unspecified atom stereocenters. The summed E-state index contributed by atoms with van der Waals surface area (Å²) in [5.41, 5.74) is 0.